The van der Waals surface area contributed by atoms with E-state index in [2.05, 4.69) is 10.2 Å². The number of carbonyl (C=O) groups excluding carboxylic acids is 1. The fourth-order valence-corrected chi connectivity index (χ4v) is 4.68. The number of anilines is 1. The number of rotatable bonds is 7. The van der Waals surface area contributed by atoms with Gasteiger partial charge in [0.1, 0.15) is 0 Å². The van der Waals surface area contributed by atoms with Crippen LogP contribution in [0.5, 0.6) is 0 Å². The zero-order valence-electron chi connectivity index (χ0n) is 17.7. The van der Waals surface area contributed by atoms with Crippen LogP contribution in [-0.2, 0) is 21.2 Å². The average molecular weight is 432 g/mol. The van der Waals surface area contributed by atoms with Gasteiger partial charge in [-0.05, 0) is 62.8 Å². The monoisotopic (exact) mass is 431 g/mol. The second-order valence-corrected chi connectivity index (χ2v) is 9.64. The summed E-state index contributed by atoms with van der Waals surface area (Å²) in [6.45, 7) is 4.14. The molecular weight excluding hydrogens is 402 g/mol. The number of likely N-dealkylation sites (N-methyl/N-ethyl adjacent to an activating group) is 1. The molecule has 0 atom stereocenters. The molecule has 0 spiro atoms. The third kappa shape index (κ3) is 5.46. The van der Waals surface area contributed by atoms with E-state index in [1.54, 1.807) is 19.1 Å². The maximum absolute atomic E-state index is 12.9. The first-order chi connectivity index (χ1) is 14.3. The first kappa shape index (κ1) is 22.4. The number of nitrogens with one attached hydrogen (secondary N) is 1. The van der Waals surface area contributed by atoms with Gasteiger partial charge in [-0.2, -0.15) is 4.31 Å². The first-order valence-corrected chi connectivity index (χ1v) is 11.4. The number of morpholine rings is 1. The molecule has 0 bridgehead atoms. The van der Waals surface area contributed by atoms with Crippen LogP contribution in [0.1, 0.15) is 21.5 Å². The van der Waals surface area contributed by atoms with E-state index in [4.69, 9.17) is 4.74 Å². The Morgan fingerprint density at radius 3 is 2.40 bits per heavy atom. The molecule has 0 aromatic heterocycles. The summed E-state index contributed by atoms with van der Waals surface area (Å²) < 4.78 is 32.5. The molecule has 0 saturated carbocycles. The predicted molar refractivity (Wildman–Crippen MR) is 117 cm³/mol. The molecule has 2 aromatic carbocycles. The summed E-state index contributed by atoms with van der Waals surface area (Å²) >= 11 is 0. The van der Waals surface area contributed by atoms with Crippen molar-refractivity contribution in [3.63, 3.8) is 0 Å². The van der Waals surface area contributed by atoms with E-state index < -0.39 is 10.0 Å². The maximum Gasteiger partial charge on any atom is 0.255 e. The fourth-order valence-electron chi connectivity index (χ4n) is 3.25. The summed E-state index contributed by atoms with van der Waals surface area (Å²) in [6, 6.07) is 12.4. The molecule has 1 heterocycles. The number of aryl methyl sites for hydroxylation is 1. The van der Waals surface area contributed by atoms with Gasteiger partial charge in [0.25, 0.3) is 5.91 Å². The van der Waals surface area contributed by atoms with Gasteiger partial charge in [0.2, 0.25) is 10.0 Å². The lowest BCUT2D eigenvalue weighted by Gasteiger charge is -2.26. The highest BCUT2D eigenvalue weighted by molar-refractivity contribution is 7.89. The van der Waals surface area contributed by atoms with Crippen LogP contribution in [0.25, 0.3) is 0 Å². The molecule has 1 amide bonds. The minimum absolute atomic E-state index is 0.124. The van der Waals surface area contributed by atoms with Crippen molar-refractivity contribution in [2.75, 3.05) is 52.3 Å². The summed E-state index contributed by atoms with van der Waals surface area (Å²) in [7, 11) is 0.407. The fraction of sp³-hybridized carbons (Fsp3) is 0.409. The molecule has 1 aliphatic rings. The van der Waals surface area contributed by atoms with Gasteiger partial charge < -0.3 is 15.0 Å². The number of hydrogen-bond donors (Lipinski definition) is 1. The van der Waals surface area contributed by atoms with Crippen molar-refractivity contribution >= 4 is 21.6 Å². The SMILES string of the molecule is Cc1ccc(S(=O)(=O)N2CCOCC2)cc1C(=O)Nc1ccc(CCN(C)C)cc1. The number of amides is 1. The van der Waals surface area contributed by atoms with Gasteiger partial charge in [0.15, 0.2) is 0 Å². The Hall–Kier alpha value is -2.26. The average Bonchev–Trinajstić information content (AvgIpc) is 2.74. The lowest BCUT2D eigenvalue weighted by Crippen LogP contribution is -2.40. The predicted octanol–water partition coefficient (Wildman–Crippen LogP) is 2.37. The van der Waals surface area contributed by atoms with Crippen molar-refractivity contribution in [2.45, 2.75) is 18.2 Å². The highest BCUT2D eigenvalue weighted by Gasteiger charge is 2.27. The van der Waals surface area contributed by atoms with E-state index in [0.29, 0.717) is 37.6 Å². The number of nitrogens with zero attached hydrogens (tertiary/aromatic N) is 2. The largest absolute Gasteiger partial charge is 0.379 e. The zero-order chi connectivity index (χ0) is 21.7. The van der Waals surface area contributed by atoms with Gasteiger partial charge >= 0.3 is 0 Å². The lowest BCUT2D eigenvalue weighted by atomic mass is 10.1. The Balaban J connectivity index is 1.75. The second kappa shape index (κ2) is 9.70. The Morgan fingerprint density at radius 2 is 1.77 bits per heavy atom. The van der Waals surface area contributed by atoms with Crippen LogP contribution in [0.15, 0.2) is 47.4 Å². The van der Waals surface area contributed by atoms with E-state index in [9.17, 15) is 13.2 Å². The van der Waals surface area contributed by atoms with E-state index in [0.717, 1.165) is 18.5 Å². The Labute approximate surface area is 178 Å². The highest BCUT2D eigenvalue weighted by Crippen LogP contribution is 2.22. The van der Waals surface area contributed by atoms with Crippen molar-refractivity contribution in [3.8, 4) is 0 Å². The van der Waals surface area contributed by atoms with Gasteiger partial charge in [0.05, 0.1) is 18.1 Å². The Kier molecular flexibility index (Phi) is 7.25. The quantitative estimate of drug-likeness (QED) is 0.728. The standard InChI is InChI=1S/C22H29N3O4S/c1-17-4-9-20(30(27,28)25-12-14-29-15-13-25)16-21(17)22(26)23-19-7-5-18(6-8-19)10-11-24(2)3/h4-9,16H,10-15H2,1-3H3,(H,23,26). The first-order valence-electron chi connectivity index (χ1n) is 10.0. The van der Waals surface area contributed by atoms with Gasteiger partial charge in [-0.25, -0.2) is 8.42 Å². The molecule has 162 valence electrons. The smallest absolute Gasteiger partial charge is 0.255 e. The van der Waals surface area contributed by atoms with Crippen LogP contribution in [0.2, 0.25) is 0 Å². The summed E-state index contributed by atoms with van der Waals surface area (Å²) in [5.74, 6) is -0.326. The molecular formula is C22H29N3O4S. The minimum Gasteiger partial charge on any atom is -0.379 e. The minimum atomic E-state index is -3.66. The molecule has 30 heavy (non-hydrogen) atoms. The van der Waals surface area contributed by atoms with Crippen LogP contribution in [0, 0.1) is 6.92 Å². The number of carbonyl (C=O) groups is 1. The molecule has 0 radical (unpaired) electrons. The van der Waals surface area contributed by atoms with Crippen LogP contribution in [0.3, 0.4) is 0 Å². The van der Waals surface area contributed by atoms with Crippen LogP contribution >= 0.6 is 0 Å². The molecule has 1 fully saturated rings. The lowest BCUT2D eigenvalue weighted by molar-refractivity contribution is 0.0730. The van der Waals surface area contributed by atoms with Crippen LogP contribution < -0.4 is 5.32 Å². The Morgan fingerprint density at radius 1 is 1.10 bits per heavy atom. The van der Waals surface area contributed by atoms with Crippen molar-refractivity contribution < 1.29 is 17.9 Å². The summed E-state index contributed by atoms with van der Waals surface area (Å²) in [6.07, 6.45) is 0.932. The van der Waals surface area contributed by atoms with E-state index in [1.807, 2.05) is 38.4 Å². The Bertz CT molecular complexity index is 982. The van der Waals surface area contributed by atoms with Crippen molar-refractivity contribution in [1.29, 1.82) is 0 Å². The van der Waals surface area contributed by atoms with Crippen LogP contribution in [-0.4, -0.2) is 70.5 Å². The van der Waals surface area contributed by atoms with Gasteiger partial charge in [0, 0.05) is 30.9 Å². The molecule has 0 aliphatic carbocycles. The topological polar surface area (TPSA) is 78.9 Å². The summed E-state index contributed by atoms with van der Waals surface area (Å²) in [5, 5.41) is 2.87. The normalized spacial score (nSPS) is 15.3. The second-order valence-electron chi connectivity index (χ2n) is 7.70. The molecule has 0 unspecified atom stereocenters. The number of hydrogen-bond acceptors (Lipinski definition) is 5. The molecule has 1 saturated heterocycles. The third-order valence-corrected chi connectivity index (χ3v) is 7.02. The maximum atomic E-state index is 12.9. The molecule has 1 aliphatic heterocycles. The van der Waals surface area contributed by atoms with Crippen molar-refractivity contribution in [3.05, 3.63) is 59.2 Å². The number of sulfonamides is 1. The molecule has 3 rings (SSSR count). The van der Waals surface area contributed by atoms with E-state index in [1.165, 1.54) is 15.9 Å². The summed E-state index contributed by atoms with van der Waals surface area (Å²) in [4.78, 5) is 15.1. The highest BCUT2D eigenvalue weighted by atomic mass is 32.2. The van der Waals surface area contributed by atoms with Gasteiger partial charge in [-0.15, -0.1) is 0 Å². The molecule has 1 N–H and O–H groups in total. The number of benzene rings is 2. The van der Waals surface area contributed by atoms with E-state index in [-0.39, 0.29) is 10.8 Å². The van der Waals surface area contributed by atoms with Crippen molar-refractivity contribution in [1.82, 2.24) is 9.21 Å². The molecule has 8 heteroatoms. The third-order valence-electron chi connectivity index (χ3n) is 5.12. The van der Waals surface area contributed by atoms with Crippen molar-refractivity contribution in [2.24, 2.45) is 0 Å². The molecule has 7 nitrogen and oxygen atoms in total. The van der Waals surface area contributed by atoms with Gasteiger partial charge in [-0.1, -0.05) is 18.2 Å². The molecule has 2 aromatic rings. The van der Waals surface area contributed by atoms with Gasteiger partial charge in [-0.3, -0.25) is 4.79 Å². The van der Waals surface area contributed by atoms with E-state index >= 15 is 0 Å². The summed E-state index contributed by atoms with van der Waals surface area (Å²) in [5.41, 5.74) is 2.93. The van der Waals surface area contributed by atoms with Crippen LogP contribution in [0.4, 0.5) is 5.69 Å². The zero-order valence-corrected chi connectivity index (χ0v) is 18.5. The number of ether oxygens (including phenoxy) is 1.